The number of nitrogens with one attached hydrogen (secondary N) is 1. The molecule has 1 fully saturated rings. The van der Waals surface area contributed by atoms with Gasteiger partial charge >= 0.3 is 6.03 Å². The van der Waals surface area contributed by atoms with Crippen molar-refractivity contribution in [2.45, 2.75) is 25.9 Å². The normalized spacial score (nSPS) is 21.3. The molecular formula is C9H18N2O2. The Labute approximate surface area is 78.9 Å². The van der Waals surface area contributed by atoms with Gasteiger partial charge in [-0.1, -0.05) is 0 Å². The maximum atomic E-state index is 11.2. The Morgan fingerprint density at radius 3 is 2.46 bits per heavy atom. The van der Waals surface area contributed by atoms with E-state index in [2.05, 4.69) is 5.32 Å². The molecule has 0 bridgehead atoms. The molecule has 1 rings (SSSR count). The summed E-state index contributed by atoms with van der Waals surface area (Å²) >= 11 is 0. The van der Waals surface area contributed by atoms with Gasteiger partial charge in [-0.25, -0.2) is 4.79 Å². The van der Waals surface area contributed by atoms with Gasteiger partial charge in [-0.05, 0) is 25.7 Å². The van der Waals surface area contributed by atoms with Gasteiger partial charge < -0.3 is 15.3 Å². The third-order valence-electron chi connectivity index (χ3n) is 2.72. The van der Waals surface area contributed by atoms with Crippen LogP contribution in [0.5, 0.6) is 0 Å². The van der Waals surface area contributed by atoms with Crippen LogP contribution in [0.15, 0.2) is 0 Å². The van der Waals surface area contributed by atoms with Gasteiger partial charge in [0.25, 0.3) is 0 Å². The summed E-state index contributed by atoms with van der Waals surface area (Å²) in [4.78, 5) is 13.0. The van der Waals surface area contributed by atoms with E-state index in [9.17, 15) is 9.90 Å². The highest BCUT2D eigenvalue weighted by Gasteiger charge is 2.24. The van der Waals surface area contributed by atoms with Crippen molar-refractivity contribution < 1.29 is 9.90 Å². The number of aliphatic hydroxyl groups is 1. The van der Waals surface area contributed by atoms with Crippen LogP contribution in [-0.2, 0) is 0 Å². The van der Waals surface area contributed by atoms with Crippen molar-refractivity contribution in [3.8, 4) is 0 Å². The first-order valence-electron chi connectivity index (χ1n) is 4.80. The molecule has 1 aliphatic rings. The van der Waals surface area contributed by atoms with Crippen LogP contribution in [0.4, 0.5) is 4.79 Å². The van der Waals surface area contributed by atoms with Crippen LogP contribution in [0.1, 0.15) is 19.8 Å². The summed E-state index contributed by atoms with van der Waals surface area (Å²) in [5.74, 6) is 0.362. The van der Waals surface area contributed by atoms with Crippen LogP contribution >= 0.6 is 0 Å². The van der Waals surface area contributed by atoms with Crippen LogP contribution in [0.3, 0.4) is 0 Å². The van der Waals surface area contributed by atoms with Crippen molar-refractivity contribution in [3.05, 3.63) is 0 Å². The zero-order chi connectivity index (χ0) is 9.84. The predicted octanol–water partition coefficient (Wildman–Crippen LogP) is 0.419. The lowest BCUT2D eigenvalue weighted by atomic mass is 9.92. The van der Waals surface area contributed by atoms with Gasteiger partial charge in [0.1, 0.15) is 0 Å². The summed E-state index contributed by atoms with van der Waals surface area (Å²) in [6.07, 6.45) is 1.57. The first-order valence-corrected chi connectivity index (χ1v) is 4.80. The van der Waals surface area contributed by atoms with E-state index in [4.69, 9.17) is 0 Å². The molecule has 1 saturated heterocycles. The van der Waals surface area contributed by atoms with Gasteiger partial charge in [-0.15, -0.1) is 0 Å². The number of hydrogen-bond acceptors (Lipinski definition) is 2. The van der Waals surface area contributed by atoms with E-state index in [1.54, 1.807) is 11.9 Å². The van der Waals surface area contributed by atoms with Gasteiger partial charge in [0.15, 0.2) is 0 Å². The minimum absolute atomic E-state index is 0.0101. The maximum Gasteiger partial charge on any atom is 0.317 e. The Morgan fingerprint density at radius 1 is 1.54 bits per heavy atom. The molecule has 0 radical (unpaired) electrons. The Kier molecular flexibility index (Phi) is 3.54. The van der Waals surface area contributed by atoms with Crippen molar-refractivity contribution >= 4 is 6.03 Å². The Bertz CT molecular complexity index is 174. The Balaban J connectivity index is 2.34. The quantitative estimate of drug-likeness (QED) is 0.623. The van der Waals surface area contributed by atoms with Gasteiger partial charge in [0, 0.05) is 20.1 Å². The summed E-state index contributed by atoms with van der Waals surface area (Å²) in [7, 11) is 1.64. The molecular weight excluding hydrogens is 168 g/mol. The number of piperidine rings is 1. The topological polar surface area (TPSA) is 52.6 Å². The average molecular weight is 186 g/mol. The van der Waals surface area contributed by atoms with E-state index in [1.165, 1.54) is 0 Å². The SMILES string of the molecule is CNC(=O)N1CCC(C(C)O)CC1. The third kappa shape index (κ3) is 2.59. The van der Waals surface area contributed by atoms with Gasteiger partial charge in [-0.2, -0.15) is 0 Å². The molecule has 0 aromatic carbocycles. The van der Waals surface area contributed by atoms with E-state index >= 15 is 0 Å². The number of nitrogens with zero attached hydrogens (tertiary/aromatic N) is 1. The summed E-state index contributed by atoms with van der Waals surface area (Å²) in [6, 6.07) is -0.0101. The van der Waals surface area contributed by atoms with E-state index in [0.717, 1.165) is 25.9 Å². The number of aliphatic hydroxyl groups excluding tert-OH is 1. The number of rotatable bonds is 1. The number of carbonyl (C=O) groups excluding carboxylic acids is 1. The molecule has 1 unspecified atom stereocenters. The first-order chi connectivity index (χ1) is 6.15. The van der Waals surface area contributed by atoms with Gasteiger partial charge in [0.05, 0.1) is 6.10 Å². The largest absolute Gasteiger partial charge is 0.393 e. The molecule has 1 aliphatic heterocycles. The van der Waals surface area contributed by atoms with Crippen molar-refractivity contribution in [1.82, 2.24) is 10.2 Å². The van der Waals surface area contributed by atoms with Crippen LogP contribution in [0.2, 0.25) is 0 Å². The second-order valence-electron chi connectivity index (χ2n) is 3.62. The third-order valence-corrected chi connectivity index (χ3v) is 2.72. The molecule has 0 spiro atoms. The number of amides is 2. The van der Waals surface area contributed by atoms with Crippen molar-refractivity contribution in [3.63, 3.8) is 0 Å². The van der Waals surface area contributed by atoms with Crippen molar-refractivity contribution in [1.29, 1.82) is 0 Å². The van der Waals surface area contributed by atoms with E-state index in [-0.39, 0.29) is 12.1 Å². The van der Waals surface area contributed by atoms with Crippen LogP contribution in [-0.4, -0.2) is 42.3 Å². The van der Waals surface area contributed by atoms with E-state index < -0.39 is 0 Å². The Morgan fingerprint density at radius 2 is 2.08 bits per heavy atom. The molecule has 4 nitrogen and oxygen atoms in total. The van der Waals surface area contributed by atoms with Crippen LogP contribution in [0.25, 0.3) is 0 Å². The zero-order valence-electron chi connectivity index (χ0n) is 8.29. The first kappa shape index (κ1) is 10.3. The zero-order valence-corrected chi connectivity index (χ0v) is 8.29. The molecule has 0 aromatic heterocycles. The van der Waals surface area contributed by atoms with E-state index in [1.807, 2.05) is 6.92 Å². The molecule has 13 heavy (non-hydrogen) atoms. The molecule has 1 heterocycles. The number of hydrogen-bond donors (Lipinski definition) is 2. The fourth-order valence-electron chi connectivity index (χ4n) is 1.74. The second kappa shape index (κ2) is 4.46. The molecule has 0 aliphatic carbocycles. The lowest BCUT2D eigenvalue weighted by Crippen LogP contribution is -2.44. The molecule has 1 atom stereocenters. The van der Waals surface area contributed by atoms with Crippen molar-refractivity contribution in [2.75, 3.05) is 20.1 Å². The molecule has 4 heteroatoms. The second-order valence-corrected chi connectivity index (χ2v) is 3.62. The van der Waals surface area contributed by atoms with E-state index in [0.29, 0.717) is 5.92 Å². The van der Waals surface area contributed by atoms with Gasteiger partial charge in [0.2, 0.25) is 0 Å². The van der Waals surface area contributed by atoms with Crippen molar-refractivity contribution in [2.24, 2.45) is 5.92 Å². The lowest BCUT2D eigenvalue weighted by Gasteiger charge is -2.32. The average Bonchev–Trinajstić information content (AvgIpc) is 2.17. The standard InChI is InChI=1S/C9H18N2O2/c1-7(12)8-3-5-11(6-4-8)9(13)10-2/h7-8,12H,3-6H2,1-2H3,(H,10,13). The highest BCUT2D eigenvalue weighted by Crippen LogP contribution is 2.20. The summed E-state index contributed by atoms with van der Waals surface area (Å²) < 4.78 is 0. The summed E-state index contributed by atoms with van der Waals surface area (Å²) in [5.41, 5.74) is 0. The number of likely N-dealkylation sites (tertiary alicyclic amines) is 1. The van der Waals surface area contributed by atoms with Crippen LogP contribution < -0.4 is 5.32 Å². The monoisotopic (exact) mass is 186 g/mol. The predicted molar refractivity (Wildman–Crippen MR) is 50.4 cm³/mol. The summed E-state index contributed by atoms with van der Waals surface area (Å²) in [5, 5.41) is 11.9. The highest BCUT2D eigenvalue weighted by molar-refractivity contribution is 5.73. The number of carbonyl (C=O) groups is 1. The molecule has 0 saturated carbocycles. The minimum atomic E-state index is -0.244. The fraction of sp³-hybridized carbons (Fsp3) is 0.889. The van der Waals surface area contributed by atoms with Crippen LogP contribution in [0, 0.1) is 5.92 Å². The molecule has 0 aromatic rings. The highest BCUT2D eigenvalue weighted by atomic mass is 16.3. The maximum absolute atomic E-state index is 11.2. The molecule has 2 amide bonds. The fourth-order valence-corrected chi connectivity index (χ4v) is 1.74. The van der Waals surface area contributed by atoms with Gasteiger partial charge in [-0.3, -0.25) is 0 Å². The summed E-state index contributed by atoms with van der Waals surface area (Å²) in [6.45, 7) is 3.34. The molecule has 2 N–H and O–H groups in total. The minimum Gasteiger partial charge on any atom is -0.393 e. The Hall–Kier alpha value is -0.770. The number of urea groups is 1. The molecule has 76 valence electrons. The lowest BCUT2D eigenvalue weighted by molar-refractivity contribution is 0.0802. The smallest absolute Gasteiger partial charge is 0.317 e.